The van der Waals surface area contributed by atoms with Gasteiger partial charge in [0.15, 0.2) is 0 Å². The Bertz CT molecular complexity index is 707. The van der Waals surface area contributed by atoms with Gasteiger partial charge in [-0.25, -0.2) is 0 Å². The van der Waals surface area contributed by atoms with Crippen LogP contribution in [0.15, 0.2) is 0 Å². The Kier molecular flexibility index (Phi) is 10.4. The van der Waals surface area contributed by atoms with E-state index in [2.05, 4.69) is 27.7 Å². The smallest absolute Gasteiger partial charge is 0.0637 e. The van der Waals surface area contributed by atoms with Gasteiger partial charge < -0.3 is 31.4 Å². The lowest BCUT2D eigenvalue weighted by molar-refractivity contribution is -0.227. The molecule has 6 nitrogen and oxygen atoms in total. The second-order valence-corrected chi connectivity index (χ2v) is 13.7. The summed E-state index contributed by atoms with van der Waals surface area (Å²) in [6, 6.07) is 0. The van der Waals surface area contributed by atoms with E-state index in [4.69, 9.17) is 31.4 Å². The van der Waals surface area contributed by atoms with Crippen molar-refractivity contribution in [3.8, 4) is 0 Å². The zero-order chi connectivity index (χ0) is 26.6. The molecule has 4 aliphatic carbocycles. The van der Waals surface area contributed by atoms with E-state index in [9.17, 15) is 0 Å². The van der Waals surface area contributed by atoms with Crippen molar-refractivity contribution in [3.05, 3.63) is 0 Å². The topological polar surface area (TPSA) is 106 Å². The SMILES string of the molecule is CC(C)C1CC[C@H]2C3C(C[C@H](OCCCN)[C@]12C)[C@@]1(C)CC[C@@H](OCCCN)CC1C[C@H]3OCCCN. The summed E-state index contributed by atoms with van der Waals surface area (Å²) in [6.07, 6.45) is 12.5. The molecule has 10 atom stereocenters. The summed E-state index contributed by atoms with van der Waals surface area (Å²) in [5.41, 5.74) is 18.0. The lowest BCUT2D eigenvalue weighted by Crippen LogP contribution is -2.63. The van der Waals surface area contributed by atoms with Gasteiger partial charge in [-0.2, -0.15) is 0 Å². The number of ether oxygens (including phenoxy) is 3. The number of rotatable bonds is 13. The molecule has 4 rings (SSSR count). The summed E-state index contributed by atoms with van der Waals surface area (Å²) >= 11 is 0. The molecule has 0 spiro atoms. The summed E-state index contributed by atoms with van der Waals surface area (Å²) in [6.45, 7) is 14.6. The molecular formula is C31H59N3O3. The molecule has 0 saturated heterocycles. The van der Waals surface area contributed by atoms with Crippen LogP contribution in [0.1, 0.15) is 91.9 Å². The Hall–Kier alpha value is -0.240. The van der Waals surface area contributed by atoms with Crippen molar-refractivity contribution in [2.45, 2.75) is 110 Å². The van der Waals surface area contributed by atoms with Crippen LogP contribution in [0.2, 0.25) is 0 Å². The molecule has 0 amide bonds. The highest BCUT2D eigenvalue weighted by Crippen LogP contribution is 2.69. The van der Waals surface area contributed by atoms with Crippen LogP contribution < -0.4 is 17.2 Å². The van der Waals surface area contributed by atoms with Crippen LogP contribution in [0.3, 0.4) is 0 Å². The highest BCUT2D eigenvalue weighted by Gasteiger charge is 2.66. The summed E-state index contributed by atoms with van der Waals surface area (Å²) in [5.74, 6) is 3.97. The first kappa shape index (κ1) is 29.7. The zero-order valence-electron chi connectivity index (χ0n) is 24.5. The van der Waals surface area contributed by atoms with Gasteiger partial charge >= 0.3 is 0 Å². The van der Waals surface area contributed by atoms with E-state index in [1.807, 2.05) is 0 Å². The Morgan fingerprint density at radius 1 is 0.757 bits per heavy atom. The second kappa shape index (κ2) is 13.0. The average Bonchev–Trinajstić information content (AvgIpc) is 3.23. The number of hydrogen-bond donors (Lipinski definition) is 3. The minimum absolute atomic E-state index is 0.213. The van der Waals surface area contributed by atoms with Crippen molar-refractivity contribution in [2.75, 3.05) is 39.5 Å². The fourth-order valence-corrected chi connectivity index (χ4v) is 9.75. The van der Waals surface area contributed by atoms with Gasteiger partial charge in [0.2, 0.25) is 0 Å². The molecule has 4 fully saturated rings. The van der Waals surface area contributed by atoms with E-state index in [1.165, 1.54) is 38.5 Å². The van der Waals surface area contributed by atoms with Crippen LogP contribution in [-0.4, -0.2) is 57.8 Å². The first-order valence-electron chi connectivity index (χ1n) is 15.8. The van der Waals surface area contributed by atoms with E-state index in [0.717, 1.165) is 45.5 Å². The predicted molar refractivity (Wildman–Crippen MR) is 151 cm³/mol. The maximum atomic E-state index is 6.84. The quantitative estimate of drug-likeness (QED) is 0.303. The van der Waals surface area contributed by atoms with E-state index in [0.29, 0.717) is 78.9 Å². The summed E-state index contributed by atoms with van der Waals surface area (Å²) in [7, 11) is 0. The molecule has 4 aliphatic rings. The first-order chi connectivity index (χ1) is 17.8. The fraction of sp³-hybridized carbons (Fsp3) is 1.00. The molecule has 4 unspecified atom stereocenters. The van der Waals surface area contributed by atoms with Crippen molar-refractivity contribution in [2.24, 2.45) is 63.5 Å². The third kappa shape index (κ3) is 5.81. The maximum absolute atomic E-state index is 6.84. The van der Waals surface area contributed by atoms with Gasteiger partial charge in [0.25, 0.3) is 0 Å². The monoisotopic (exact) mass is 521 g/mol. The van der Waals surface area contributed by atoms with Crippen LogP contribution in [0.5, 0.6) is 0 Å². The molecule has 6 heteroatoms. The summed E-state index contributed by atoms with van der Waals surface area (Å²) in [4.78, 5) is 0. The Morgan fingerprint density at radius 2 is 1.41 bits per heavy atom. The fourth-order valence-electron chi connectivity index (χ4n) is 9.75. The third-order valence-electron chi connectivity index (χ3n) is 11.6. The van der Waals surface area contributed by atoms with Crippen molar-refractivity contribution >= 4 is 0 Å². The predicted octanol–water partition coefficient (Wildman–Crippen LogP) is 4.72. The molecule has 6 N–H and O–H groups in total. The average molecular weight is 522 g/mol. The second-order valence-electron chi connectivity index (χ2n) is 13.7. The van der Waals surface area contributed by atoms with Crippen LogP contribution >= 0.6 is 0 Å². The van der Waals surface area contributed by atoms with Gasteiger partial charge in [-0.1, -0.05) is 27.7 Å². The lowest BCUT2D eigenvalue weighted by Gasteiger charge is -2.64. The Morgan fingerprint density at radius 3 is 2.05 bits per heavy atom. The minimum Gasteiger partial charge on any atom is -0.378 e. The molecule has 0 heterocycles. The maximum Gasteiger partial charge on any atom is 0.0637 e. The molecule has 216 valence electrons. The highest BCUT2D eigenvalue weighted by atomic mass is 16.5. The third-order valence-corrected chi connectivity index (χ3v) is 11.6. The largest absolute Gasteiger partial charge is 0.378 e. The Balaban J connectivity index is 1.63. The molecule has 0 aromatic carbocycles. The molecule has 0 aromatic heterocycles. The zero-order valence-corrected chi connectivity index (χ0v) is 24.5. The Labute approximate surface area is 227 Å². The molecule has 37 heavy (non-hydrogen) atoms. The van der Waals surface area contributed by atoms with Crippen molar-refractivity contribution in [1.29, 1.82) is 0 Å². The lowest BCUT2D eigenvalue weighted by atomic mass is 9.43. The standard InChI is InChI=1S/C31H59N3O3/c1-21(2)24-8-9-25-29-26(20-28(31(24,25)4)37-17-7-14-34)30(3)11-10-23(35-15-5-12-32)18-22(30)19-27(29)36-16-6-13-33/h21-29H,5-20,32-34H2,1-4H3/t22?,23-,24?,25+,26?,27-,28+,29?,30+,31-/m1/s1. The van der Waals surface area contributed by atoms with E-state index >= 15 is 0 Å². The van der Waals surface area contributed by atoms with Crippen molar-refractivity contribution < 1.29 is 14.2 Å². The summed E-state index contributed by atoms with van der Waals surface area (Å²) in [5, 5.41) is 0. The highest BCUT2D eigenvalue weighted by molar-refractivity contribution is 5.15. The van der Waals surface area contributed by atoms with E-state index in [1.54, 1.807) is 0 Å². The van der Waals surface area contributed by atoms with Gasteiger partial charge in [-0.05, 0) is 125 Å². The molecule has 0 bridgehead atoms. The number of fused-ring (bicyclic) bond motifs is 5. The van der Waals surface area contributed by atoms with Gasteiger partial charge in [0.1, 0.15) is 0 Å². The van der Waals surface area contributed by atoms with E-state index < -0.39 is 0 Å². The number of nitrogens with two attached hydrogens (primary N) is 3. The van der Waals surface area contributed by atoms with Crippen LogP contribution in [0.4, 0.5) is 0 Å². The van der Waals surface area contributed by atoms with Gasteiger partial charge in [-0.15, -0.1) is 0 Å². The first-order valence-corrected chi connectivity index (χ1v) is 15.8. The minimum atomic E-state index is 0.213. The van der Waals surface area contributed by atoms with Crippen molar-refractivity contribution in [1.82, 2.24) is 0 Å². The molecular weight excluding hydrogens is 462 g/mol. The van der Waals surface area contributed by atoms with Gasteiger partial charge in [-0.3, -0.25) is 0 Å². The number of hydrogen-bond acceptors (Lipinski definition) is 6. The van der Waals surface area contributed by atoms with Crippen LogP contribution in [0.25, 0.3) is 0 Å². The van der Waals surface area contributed by atoms with Gasteiger partial charge in [0.05, 0.1) is 18.3 Å². The van der Waals surface area contributed by atoms with Gasteiger partial charge in [0, 0.05) is 25.2 Å². The van der Waals surface area contributed by atoms with Crippen LogP contribution in [-0.2, 0) is 14.2 Å². The van der Waals surface area contributed by atoms with E-state index in [-0.39, 0.29) is 5.41 Å². The summed E-state index contributed by atoms with van der Waals surface area (Å²) < 4.78 is 20.0. The van der Waals surface area contributed by atoms with Crippen LogP contribution in [0, 0.1) is 46.3 Å². The molecule has 4 saturated carbocycles. The normalized spacial score (nSPS) is 43.5. The van der Waals surface area contributed by atoms with Crippen molar-refractivity contribution in [3.63, 3.8) is 0 Å². The molecule has 0 aromatic rings. The molecule has 0 aliphatic heterocycles. The molecule has 0 radical (unpaired) electrons.